The summed E-state index contributed by atoms with van der Waals surface area (Å²) < 4.78 is 42.3. The normalized spacial score (nSPS) is 21.0. The molecule has 4 rings (SSSR count). The second-order valence-electron chi connectivity index (χ2n) is 14.7. The Morgan fingerprint density at radius 1 is 0.947 bits per heavy atom. The van der Waals surface area contributed by atoms with E-state index in [0.717, 1.165) is 19.3 Å². The molecule has 3 aromatic heterocycles. The number of nitrogens with zero attached hydrogens (tertiary/aromatic N) is 6. The lowest BCUT2D eigenvalue weighted by Gasteiger charge is -2.24. The van der Waals surface area contributed by atoms with Crippen molar-refractivity contribution in [3.05, 3.63) is 53.7 Å². The van der Waals surface area contributed by atoms with Gasteiger partial charge in [0.1, 0.15) is 48.4 Å². The summed E-state index contributed by atoms with van der Waals surface area (Å²) in [5.74, 6) is 0.121. The SMILES string of the molecule is CCCCCCCCCCCCCCCCCCOC[C@H](COP(=O)(O)OCC1O[C@@](C#N)(c2ccc3c(N)ncnn23)[C@H](O)[C@@H]1O)OCc1cncc(C#N)c1. The number of hydrogen-bond acceptors (Lipinski definition) is 14. The third-order valence-corrected chi connectivity index (χ3v) is 11.1. The van der Waals surface area contributed by atoms with Gasteiger partial charge >= 0.3 is 7.82 Å². The van der Waals surface area contributed by atoms with E-state index in [-0.39, 0.29) is 24.7 Å². The fourth-order valence-electron chi connectivity index (χ4n) is 6.89. The minimum absolute atomic E-state index is 0.0385. The van der Waals surface area contributed by atoms with E-state index in [1.165, 1.54) is 113 Å². The van der Waals surface area contributed by atoms with E-state index in [2.05, 4.69) is 22.0 Å². The highest BCUT2D eigenvalue weighted by molar-refractivity contribution is 7.47. The smallest absolute Gasteiger partial charge is 0.387 e. The van der Waals surface area contributed by atoms with Crippen molar-refractivity contribution in [2.24, 2.45) is 0 Å². The number of nitriles is 2. The molecule has 4 heterocycles. The Morgan fingerprint density at radius 3 is 2.23 bits per heavy atom. The lowest BCUT2D eigenvalue weighted by molar-refractivity contribution is -0.0690. The summed E-state index contributed by atoms with van der Waals surface area (Å²) in [5.41, 5.74) is 5.20. The topological polar surface area (TPSA) is 241 Å². The van der Waals surface area contributed by atoms with Gasteiger partial charge < -0.3 is 35.1 Å². The quantitative estimate of drug-likeness (QED) is 0.0437. The molecule has 0 aliphatic carbocycles. The maximum Gasteiger partial charge on any atom is 0.472 e. The van der Waals surface area contributed by atoms with Gasteiger partial charge in [-0.2, -0.15) is 15.6 Å². The van der Waals surface area contributed by atoms with E-state index in [9.17, 15) is 30.2 Å². The van der Waals surface area contributed by atoms with Crippen molar-refractivity contribution in [3.63, 3.8) is 0 Å². The number of aromatic nitrogens is 4. The number of aliphatic hydroxyl groups excluding tert-OH is 2. The number of nitrogen functional groups attached to an aromatic ring is 1. The first-order chi connectivity index (χ1) is 27.6. The Bertz CT molecular complexity index is 1770. The monoisotopic (exact) mass is 813 g/mol. The Morgan fingerprint density at radius 2 is 1.60 bits per heavy atom. The molecule has 0 radical (unpaired) electrons. The van der Waals surface area contributed by atoms with E-state index in [0.29, 0.717) is 23.3 Å². The highest BCUT2D eigenvalue weighted by Gasteiger charge is 2.58. The molecule has 0 amide bonds. The number of rotatable bonds is 29. The summed E-state index contributed by atoms with van der Waals surface area (Å²) in [4.78, 5) is 18.5. The highest BCUT2D eigenvalue weighted by atomic mass is 31.2. The maximum atomic E-state index is 13.0. The zero-order valence-electron chi connectivity index (χ0n) is 33.1. The van der Waals surface area contributed by atoms with Crippen molar-refractivity contribution in [2.75, 3.05) is 32.2 Å². The molecule has 1 aliphatic rings. The van der Waals surface area contributed by atoms with Crippen LogP contribution in [-0.4, -0.2) is 85.5 Å². The van der Waals surface area contributed by atoms with E-state index < -0.39 is 51.1 Å². The summed E-state index contributed by atoms with van der Waals surface area (Å²) in [5, 5.41) is 45.2. The minimum atomic E-state index is -4.78. The third kappa shape index (κ3) is 14.4. The molecule has 1 fully saturated rings. The van der Waals surface area contributed by atoms with Crippen molar-refractivity contribution in [1.29, 1.82) is 10.5 Å². The van der Waals surface area contributed by atoms with Crippen LogP contribution in [0.4, 0.5) is 5.82 Å². The summed E-state index contributed by atoms with van der Waals surface area (Å²) in [6.45, 7) is 1.73. The van der Waals surface area contributed by atoms with Gasteiger partial charge in [0.25, 0.3) is 0 Å². The molecule has 0 saturated carbocycles. The fourth-order valence-corrected chi connectivity index (χ4v) is 7.65. The second kappa shape index (κ2) is 24.4. The van der Waals surface area contributed by atoms with Gasteiger partial charge in [-0.25, -0.2) is 14.1 Å². The van der Waals surface area contributed by atoms with Crippen LogP contribution < -0.4 is 5.73 Å². The molecule has 16 nitrogen and oxygen atoms in total. The molecule has 0 aromatic carbocycles. The van der Waals surface area contributed by atoms with Gasteiger partial charge in [-0.15, -0.1) is 0 Å². The van der Waals surface area contributed by atoms with Gasteiger partial charge in [0.05, 0.1) is 37.7 Å². The lowest BCUT2D eigenvalue weighted by Crippen LogP contribution is -2.41. The molecule has 3 aromatic rings. The molecule has 314 valence electrons. The van der Waals surface area contributed by atoms with Crippen molar-refractivity contribution in [1.82, 2.24) is 19.6 Å². The molecule has 57 heavy (non-hydrogen) atoms. The summed E-state index contributed by atoms with van der Waals surface area (Å²) in [7, 11) is -4.78. The number of fused-ring (bicyclic) bond motifs is 1. The molecule has 0 spiro atoms. The van der Waals surface area contributed by atoms with E-state index in [4.69, 9.17) is 29.0 Å². The molecule has 1 aliphatic heterocycles. The van der Waals surface area contributed by atoms with Crippen LogP contribution in [0.15, 0.2) is 36.9 Å². The summed E-state index contributed by atoms with van der Waals surface area (Å²) >= 11 is 0. The Hall–Kier alpha value is -3.54. The zero-order chi connectivity index (χ0) is 40.9. The van der Waals surface area contributed by atoms with Crippen LogP contribution in [0.1, 0.15) is 126 Å². The molecule has 17 heteroatoms. The number of nitrogens with two attached hydrogens (primary N) is 1. The summed E-state index contributed by atoms with van der Waals surface area (Å²) in [6.07, 6.45) is 18.8. The second-order valence-corrected chi connectivity index (χ2v) is 16.1. The molecule has 5 N–H and O–H groups in total. The number of pyridine rings is 1. The van der Waals surface area contributed by atoms with Crippen molar-refractivity contribution in [2.45, 2.75) is 146 Å². The Labute approximate surface area is 335 Å². The van der Waals surface area contributed by atoms with E-state index >= 15 is 0 Å². The van der Waals surface area contributed by atoms with Gasteiger partial charge in [0.15, 0.2) is 5.82 Å². The average Bonchev–Trinajstić information content (AvgIpc) is 3.76. The lowest BCUT2D eigenvalue weighted by atomic mass is 9.92. The van der Waals surface area contributed by atoms with E-state index in [1.54, 1.807) is 12.3 Å². The van der Waals surface area contributed by atoms with Crippen LogP contribution in [0.2, 0.25) is 0 Å². The zero-order valence-corrected chi connectivity index (χ0v) is 34.0. The van der Waals surface area contributed by atoms with Gasteiger partial charge in [-0.05, 0) is 30.2 Å². The fraction of sp³-hybridized carbons (Fsp3) is 0.675. The minimum Gasteiger partial charge on any atom is -0.387 e. The molecule has 2 unspecified atom stereocenters. The van der Waals surface area contributed by atoms with Crippen LogP contribution in [0.25, 0.3) is 5.52 Å². The number of anilines is 1. The maximum absolute atomic E-state index is 13.0. The first-order valence-corrected chi connectivity index (χ1v) is 21.8. The van der Waals surface area contributed by atoms with Crippen LogP contribution in [-0.2, 0) is 40.0 Å². The highest BCUT2D eigenvalue weighted by Crippen LogP contribution is 2.46. The number of phosphoric ester groups is 1. The Kier molecular flexibility index (Phi) is 19.8. The van der Waals surface area contributed by atoms with Gasteiger partial charge in [0, 0.05) is 19.0 Å². The number of phosphoric acid groups is 1. The predicted molar refractivity (Wildman–Crippen MR) is 211 cm³/mol. The molecule has 6 atom stereocenters. The number of unbranched alkanes of at least 4 members (excludes halogenated alkanes) is 15. The van der Waals surface area contributed by atoms with E-state index in [1.807, 2.05) is 12.1 Å². The number of ether oxygens (including phenoxy) is 3. The molecule has 1 saturated heterocycles. The summed E-state index contributed by atoms with van der Waals surface area (Å²) in [6, 6.07) is 8.56. The first kappa shape index (κ1) is 46.2. The number of hydrogen-bond donors (Lipinski definition) is 4. The van der Waals surface area contributed by atoms with Gasteiger partial charge in [-0.3, -0.25) is 14.0 Å². The molecular formula is C40H60N7O9P. The van der Waals surface area contributed by atoms with Crippen LogP contribution in [0.5, 0.6) is 0 Å². The Balaban J connectivity index is 1.18. The molecular weight excluding hydrogens is 753 g/mol. The third-order valence-electron chi connectivity index (χ3n) is 10.2. The molecule has 0 bridgehead atoms. The number of aliphatic hydroxyl groups is 2. The predicted octanol–water partition coefficient (Wildman–Crippen LogP) is 6.41. The average molecular weight is 814 g/mol. The largest absolute Gasteiger partial charge is 0.472 e. The van der Waals surface area contributed by atoms with Crippen LogP contribution in [0, 0.1) is 22.7 Å². The van der Waals surface area contributed by atoms with Crippen molar-refractivity contribution in [3.8, 4) is 12.1 Å². The van der Waals surface area contributed by atoms with Crippen LogP contribution >= 0.6 is 7.82 Å². The first-order valence-electron chi connectivity index (χ1n) is 20.3. The van der Waals surface area contributed by atoms with Gasteiger partial charge in [0.2, 0.25) is 5.60 Å². The van der Waals surface area contributed by atoms with Crippen LogP contribution in [0.3, 0.4) is 0 Å². The van der Waals surface area contributed by atoms with Crippen molar-refractivity contribution >= 4 is 19.2 Å². The van der Waals surface area contributed by atoms with Gasteiger partial charge in [-0.1, -0.05) is 103 Å². The standard InChI is InChI=1S/C40H60N7O9P/c1-2-3-4-5-6-7-8-9-10-11-12-13-14-15-16-17-20-52-26-33(53-25-32-21-31(22-41)23-44-24-32)27-54-57(50,51)55-28-35-37(48)38(49)40(29-42,56-35)36-19-18-34-39(43)45-30-46-47(34)36/h18-19,21,23-24,30,33,35,37-38,48-49H,2-17,20,25-28H2,1H3,(H,50,51)(H2,43,45,46)/t33-,35?,37-,38-,40+/m1/s1. The van der Waals surface area contributed by atoms with Crippen molar-refractivity contribution < 1.29 is 42.9 Å².